The van der Waals surface area contributed by atoms with E-state index in [0.29, 0.717) is 0 Å². The molecule has 0 radical (unpaired) electrons. The minimum absolute atomic E-state index is 1.26. The van der Waals surface area contributed by atoms with Crippen molar-refractivity contribution in [3.63, 3.8) is 0 Å². The Kier molecular flexibility index (Phi) is 4.47. The molecule has 0 saturated heterocycles. The Labute approximate surface area is 136 Å². The second kappa shape index (κ2) is 5.29. The molecule has 0 N–H and O–H groups in total. The smallest absolute Gasteiger partial charge is 0.0927 e. The van der Waals surface area contributed by atoms with Crippen LogP contribution in [0.5, 0.6) is 0 Å². The molecule has 0 spiro atoms. The molecule has 0 fully saturated rings. The van der Waals surface area contributed by atoms with Crippen LogP contribution in [-0.4, -0.2) is 15.2 Å². The Morgan fingerprint density at radius 1 is 0.722 bits per heavy atom. The van der Waals surface area contributed by atoms with Crippen molar-refractivity contribution in [2.24, 2.45) is 0 Å². The van der Waals surface area contributed by atoms with Crippen molar-refractivity contribution in [2.75, 3.05) is 0 Å². The van der Waals surface area contributed by atoms with Gasteiger partial charge in [-0.15, -0.1) is 22.7 Å². The summed E-state index contributed by atoms with van der Waals surface area (Å²) in [6.07, 6.45) is 0. The van der Waals surface area contributed by atoms with E-state index in [4.69, 9.17) is 0 Å². The van der Waals surface area contributed by atoms with Crippen molar-refractivity contribution < 1.29 is 0 Å². The molecule has 0 aliphatic carbocycles. The van der Waals surface area contributed by atoms with Gasteiger partial charge in [0.25, 0.3) is 0 Å². The lowest BCUT2D eigenvalue weighted by molar-refractivity contribution is 1.81. The summed E-state index contributed by atoms with van der Waals surface area (Å²) in [6.45, 7) is 10.1. The van der Waals surface area contributed by atoms with E-state index in [-0.39, 0.29) is 0 Å². The summed E-state index contributed by atoms with van der Waals surface area (Å²) in [4.78, 5) is 0. The van der Waals surface area contributed by atoms with E-state index < -0.39 is 15.2 Å². The normalized spacial score (nSPS) is 13.0. The van der Waals surface area contributed by atoms with Crippen LogP contribution in [0.1, 0.15) is 0 Å². The van der Waals surface area contributed by atoms with Crippen molar-refractivity contribution in [2.45, 2.75) is 26.2 Å². The Bertz CT molecular complexity index is 508. The van der Waals surface area contributed by atoms with E-state index in [1.165, 1.54) is 7.57 Å². The van der Waals surface area contributed by atoms with E-state index in [0.717, 1.165) is 0 Å². The lowest BCUT2D eigenvalue weighted by atomic mass is 10.7. The molecule has 0 unspecified atom stereocenters. The van der Waals surface area contributed by atoms with Gasteiger partial charge in [-0.2, -0.15) is 0 Å². The van der Waals surface area contributed by atoms with Crippen LogP contribution >= 0.6 is 54.5 Å². The molecule has 2 heterocycles. The summed E-state index contributed by atoms with van der Waals surface area (Å²) in [5, 5.41) is 0. The van der Waals surface area contributed by atoms with Crippen LogP contribution in [0, 0.1) is 0 Å². The van der Waals surface area contributed by atoms with Crippen LogP contribution in [0.25, 0.3) is 0 Å². The number of thiophene rings is 2. The van der Waals surface area contributed by atoms with Gasteiger partial charge in [0.05, 0.1) is 22.8 Å². The van der Waals surface area contributed by atoms with Gasteiger partial charge in [-0.3, -0.25) is 0 Å². The largest absolute Gasteiger partial charge is 0.138 e. The van der Waals surface area contributed by atoms with E-state index in [1.807, 2.05) is 22.7 Å². The zero-order chi connectivity index (χ0) is 13.6. The Morgan fingerprint density at radius 2 is 1.06 bits per heavy atom. The minimum Gasteiger partial charge on any atom is -0.138 e. The van der Waals surface area contributed by atoms with Gasteiger partial charge in [-0.25, -0.2) is 0 Å². The molecule has 0 aromatic carbocycles. The highest BCUT2D eigenvalue weighted by atomic mass is 79.9. The van der Waals surface area contributed by atoms with Crippen molar-refractivity contribution >= 4 is 78.7 Å². The second-order valence-electron chi connectivity index (χ2n) is 5.46. The number of rotatable bonds is 3. The SMILES string of the molecule is C[Si](C)(c1ccc(Br)s1)[Si](C)(C)c1ccc(Br)s1. The molecule has 98 valence electrons. The Hall–Kier alpha value is 0.794. The van der Waals surface area contributed by atoms with Crippen molar-refractivity contribution in [1.29, 1.82) is 0 Å². The maximum atomic E-state index is 3.60. The maximum Gasteiger partial charge on any atom is 0.0927 e. The van der Waals surface area contributed by atoms with Gasteiger partial charge in [-0.1, -0.05) is 38.3 Å². The molecule has 2 aromatic heterocycles. The highest BCUT2D eigenvalue weighted by molar-refractivity contribution is 9.11. The fourth-order valence-electron chi connectivity index (χ4n) is 1.92. The third-order valence-corrected chi connectivity index (χ3v) is 28.5. The van der Waals surface area contributed by atoms with Crippen LogP contribution in [0.2, 0.25) is 26.2 Å². The van der Waals surface area contributed by atoms with E-state index >= 15 is 0 Å². The predicted molar refractivity (Wildman–Crippen MR) is 98.3 cm³/mol. The van der Waals surface area contributed by atoms with Gasteiger partial charge in [0, 0.05) is 0 Å². The molecule has 0 atom stereocenters. The van der Waals surface area contributed by atoms with Crippen molar-refractivity contribution in [3.8, 4) is 0 Å². The third kappa shape index (κ3) is 2.65. The molecule has 0 saturated carbocycles. The fraction of sp³-hybridized carbons (Fsp3) is 0.333. The van der Waals surface area contributed by atoms with Crippen molar-refractivity contribution in [3.05, 3.63) is 31.8 Å². The van der Waals surface area contributed by atoms with Crippen LogP contribution in [0.4, 0.5) is 0 Å². The molecule has 0 nitrogen and oxygen atoms in total. The quantitative estimate of drug-likeness (QED) is 0.593. The van der Waals surface area contributed by atoms with Gasteiger partial charge in [0.1, 0.15) is 0 Å². The first kappa shape index (κ1) is 15.2. The lowest BCUT2D eigenvalue weighted by Crippen LogP contribution is -2.67. The third-order valence-electron chi connectivity index (χ3n) is 3.94. The first-order valence-corrected chi connectivity index (χ1v) is 16.0. The molecular formula is C12H16Br2S2Si2. The number of halogens is 2. The average Bonchev–Trinajstić information content (AvgIpc) is 2.87. The van der Waals surface area contributed by atoms with E-state index in [9.17, 15) is 0 Å². The van der Waals surface area contributed by atoms with E-state index in [2.05, 4.69) is 82.3 Å². The molecule has 2 rings (SSSR count). The van der Waals surface area contributed by atoms with Crippen LogP contribution in [0.15, 0.2) is 31.8 Å². The maximum absolute atomic E-state index is 3.60. The standard InChI is InChI=1S/C12H16Br2S2Si2/c1-17(2,11-7-5-9(13)15-11)18(3,4)12-8-6-10(14)16-12/h5-8H,1-4H3. The van der Waals surface area contributed by atoms with Crippen LogP contribution in [-0.2, 0) is 0 Å². The monoisotopic (exact) mass is 438 g/mol. The zero-order valence-corrected chi connectivity index (χ0v) is 17.7. The average molecular weight is 440 g/mol. The van der Waals surface area contributed by atoms with Gasteiger partial charge >= 0.3 is 0 Å². The van der Waals surface area contributed by atoms with E-state index in [1.54, 1.807) is 9.00 Å². The molecule has 0 bridgehead atoms. The number of hydrogen-bond acceptors (Lipinski definition) is 2. The summed E-state index contributed by atoms with van der Waals surface area (Å²) < 4.78 is 5.76. The Morgan fingerprint density at radius 3 is 1.28 bits per heavy atom. The topological polar surface area (TPSA) is 0 Å². The molecule has 0 aliphatic heterocycles. The fourth-order valence-corrected chi connectivity index (χ4v) is 19.7. The Balaban J connectivity index is 2.45. The van der Waals surface area contributed by atoms with Crippen LogP contribution < -0.4 is 9.00 Å². The molecule has 6 heteroatoms. The first-order chi connectivity index (χ1) is 8.25. The predicted octanol–water partition coefficient (Wildman–Crippen LogP) is 4.94. The van der Waals surface area contributed by atoms with Gasteiger partial charge in [0.15, 0.2) is 0 Å². The second-order valence-corrected chi connectivity index (χ2v) is 26.2. The molecule has 0 amide bonds. The molecule has 18 heavy (non-hydrogen) atoms. The summed E-state index contributed by atoms with van der Waals surface area (Å²) in [6, 6.07) is 9.06. The highest BCUT2D eigenvalue weighted by Gasteiger charge is 2.45. The lowest BCUT2D eigenvalue weighted by Gasteiger charge is -2.36. The van der Waals surface area contributed by atoms with Gasteiger partial charge < -0.3 is 0 Å². The molecular weight excluding hydrogens is 424 g/mol. The highest BCUT2D eigenvalue weighted by Crippen LogP contribution is 2.28. The summed E-state index contributed by atoms with van der Waals surface area (Å²) >= 11 is 11.1. The first-order valence-electron chi connectivity index (χ1n) is 5.77. The molecule has 0 aliphatic rings. The summed E-state index contributed by atoms with van der Waals surface area (Å²) in [7, 11) is -2.79. The summed E-state index contributed by atoms with van der Waals surface area (Å²) in [5.74, 6) is 0. The number of hydrogen-bond donors (Lipinski definition) is 0. The van der Waals surface area contributed by atoms with Crippen LogP contribution in [0.3, 0.4) is 0 Å². The minimum atomic E-state index is -1.40. The van der Waals surface area contributed by atoms with Crippen molar-refractivity contribution in [1.82, 2.24) is 0 Å². The summed E-state index contributed by atoms with van der Waals surface area (Å²) in [5.41, 5.74) is 0. The zero-order valence-electron chi connectivity index (χ0n) is 10.9. The van der Waals surface area contributed by atoms with Gasteiger partial charge in [0.2, 0.25) is 0 Å². The molecule has 2 aromatic rings. The van der Waals surface area contributed by atoms with Gasteiger partial charge in [-0.05, 0) is 53.0 Å².